The zero-order valence-corrected chi connectivity index (χ0v) is 9.58. The van der Waals surface area contributed by atoms with Crippen molar-refractivity contribution in [1.82, 2.24) is 0 Å². The monoisotopic (exact) mass is 263 g/mol. The molecule has 18 heavy (non-hydrogen) atoms. The molecule has 0 aliphatic carbocycles. The summed E-state index contributed by atoms with van der Waals surface area (Å²) in [6.45, 7) is 1.91. The summed E-state index contributed by atoms with van der Waals surface area (Å²) in [5.74, 6) is -0.752. The smallest absolute Gasteiger partial charge is 0.465 e. The highest BCUT2D eigenvalue weighted by Gasteiger charge is 2.30. The van der Waals surface area contributed by atoms with Gasteiger partial charge in [0.25, 0.3) is 0 Å². The molecule has 0 atom stereocenters. The van der Waals surface area contributed by atoms with Gasteiger partial charge in [-0.2, -0.15) is 0 Å². The van der Waals surface area contributed by atoms with Crippen LogP contribution >= 0.6 is 0 Å². The van der Waals surface area contributed by atoms with Crippen molar-refractivity contribution in [3.63, 3.8) is 0 Å². The Kier molecular flexibility index (Phi) is 4.82. The molecule has 0 spiro atoms. The maximum atomic E-state index is 11.9. The van der Waals surface area contributed by atoms with E-state index in [4.69, 9.17) is 0 Å². The molecule has 1 aromatic carbocycles. The number of carbonyl (C=O) groups excluding carboxylic acids is 1. The van der Waals surface area contributed by atoms with Crippen LogP contribution in [-0.2, 0) is 9.53 Å². The first-order chi connectivity index (χ1) is 8.40. The Bertz CT molecular complexity index is 390. The van der Waals surface area contributed by atoms with Gasteiger partial charge in [-0.1, -0.05) is 0 Å². The molecule has 100 valence electrons. The summed E-state index contributed by atoms with van der Waals surface area (Å²) in [5, 5.41) is 2.71. The lowest BCUT2D eigenvalue weighted by Gasteiger charge is -2.10. The highest BCUT2D eigenvalue weighted by molar-refractivity contribution is 5.74. The number of hydrogen-bond donors (Lipinski definition) is 1. The average Bonchev–Trinajstić information content (AvgIpc) is 2.26. The van der Waals surface area contributed by atoms with E-state index in [1.807, 2.05) is 0 Å². The lowest BCUT2D eigenvalue weighted by atomic mass is 10.3. The Hall–Kier alpha value is -1.92. The Labute approximate surface area is 102 Å². The summed E-state index contributed by atoms with van der Waals surface area (Å²) in [5.41, 5.74) is 0.498. The molecule has 0 saturated heterocycles. The molecular formula is C11H12F3NO3. The molecule has 4 nitrogen and oxygen atoms in total. The van der Waals surface area contributed by atoms with E-state index in [2.05, 4.69) is 14.8 Å². The van der Waals surface area contributed by atoms with Crippen LogP contribution in [0, 0.1) is 0 Å². The van der Waals surface area contributed by atoms with Crippen LogP contribution in [0.4, 0.5) is 18.9 Å². The molecule has 0 fully saturated rings. The van der Waals surface area contributed by atoms with E-state index >= 15 is 0 Å². The first-order valence-corrected chi connectivity index (χ1v) is 5.16. The van der Waals surface area contributed by atoms with Gasteiger partial charge in [0.2, 0.25) is 0 Å². The van der Waals surface area contributed by atoms with Crippen molar-refractivity contribution in [1.29, 1.82) is 0 Å². The Morgan fingerprint density at radius 1 is 1.28 bits per heavy atom. The van der Waals surface area contributed by atoms with E-state index in [0.29, 0.717) is 5.69 Å². The molecule has 0 saturated carbocycles. The van der Waals surface area contributed by atoms with Crippen molar-refractivity contribution in [3.8, 4) is 5.75 Å². The van der Waals surface area contributed by atoms with Crippen molar-refractivity contribution in [2.45, 2.75) is 13.3 Å². The zero-order chi connectivity index (χ0) is 13.6. The molecular weight excluding hydrogens is 251 g/mol. The Morgan fingerprint density at radius 2 is 1.89 bits per heavy atom. The fourth-order valence-corrected chi connectivity index (χ4v) is 1.16. The lowest BCUT2D eigenvalue weighted by molar-refractivity contribution is -0.274. The topological polar surface area (TPSA) is 47.6 Å². The second-order valence-electron chi connectivity index (χ2n) is 3.23. The van der Waals surface area contributed by atoms with E-state index in [1.165, 1.54) is 12.1 Å². The minimum Gasteiger partial charge on any atom is -0.465 e. The minimum absolute atomic E-state index is 0.0483. The highest BCUT2D eigenvalue weighted by Crippen LogP contribution is 2.23. The summed E-state index contributed by atoms with van der Waals surface area (Å²) >= 11 is 0. The van der Waals surface area contributed by atoms with E-state index in [9.17, 15) is 18.0 Å². The predicted molar refractivity (Wildman–Crippen MR) is 58.2 cm³/mol. The molecule has 0 radical (unpaired) electrons. The Balaban J connectivity index is 2.48. The van der Waals surface area contributed by atoms with Crippen LogP contribution in [0.15, 0.2) is 24.3 Å². The van der Waals surface area contributed by atoms with Crippen LogP contribution in [0.5, 0.6) is 5.75 Å². The molecule has 0 bridgehead atoms. The van der Waals surface area contributed by atoms with Gasteiger partial charge in [0.15, 0.2) is 0 Å². The van der Waals surface area contributed by atoms with E-state index in [1.54, 1.807) is 6.92 Å². The normalized spacial score (nSPS) is 10.9. The van der Waals surface area contributed by atoms with Gasteiger partial charge < -0.3 is 14.8 Å². The van der Waals surface area contributed by atoms with Gasteiger partial charge in [0, 0.05) is 5.69 Å². The van der Waals surface area contributed by atoms with Crippen LogP contribution in [0.3, 0.4) is 0 Å². The third-order valence-corrected chi connectivity index (χ3v) is 1.83. The first kappa shape index (κ1) is 14.1. The SMILES string of the molecule is CCOC(=O)CNc1ccc(OC(F)(F)F)cc1. The fourth-order valence-electron chi connectivity index (χ4n) is 1.16. The number of anilines is 1. The number of hydrogen-bond acceptors (Lipinski definition) is 4. The summed E-state index contributed by atoms with van der Waals surface area (Å²) in [7, 11) is 0. The number of rotatable bonds is 5. The van der Waals surface area contributed by atoms with Gasteiger partial charge in [-0.05, 0) is 31.2 Å². The molecule has 0 heterocycles. The third kappa shape index (κ3) is 5.42. The highest BCUT2D eigenvalue weighted by atomic mass is 19.4. The number of carbonyl (C=O) groups is 1. The van der Waals surface area contributed by atoms with Crippen molar-refractivity contribution in [3.05, 3.63) is 24.3 Å². The van der Waals surface area contributed by atoms with Crippen LogP contribution in [0.2, 0.25) is 0 Å². The summed E-state index contributed by atoms with van der Waals surface area (Å²) in [6.07, 6.45) is -4.71. The van der Waals surface area contributed by atoms with Gasteiger partial charge in [-0.15, -0.1) is 13.2 Å². The molecule has 7 heteroatoms. The second kappa shape index (κ2) is 6.13. The van der Waals surface area contributed by atoms with Crippen molar-refractivity contribution < 1.29 is 27.4 Å². The number of halogens is 3. The maximum Gasteiger partial charge on any atom is 0.573 e. The summed E-state index contributed by atoms with van der Waals surface area (Å²) in [4.78, 5) is 11.0. The minimum atomic E-state index is -4.71. The number of nitrogens with one attached hydrogen (secondary N) is 1. The van der Waals surface area contributed by atoms with Crippen molar-refractivity contribution in [2.75, 3.05) is 18.5 Å². The van der Waals surface area contributed by atoms with Gasteiger partial charge in [-0.25, -0.2) is 0 Å². The molecule has 0 aliphatic rings. The molecule has 0 unspecified atom stereocenters. The Morgan fingerprint density at radius 3 is 2.39 bits per heavy atom. The van der Waals surface area contributed by atoms with Gasteiger partial charge in [-0.3, -0.25) is 4.79 Å². The first-order valence-electron chi connectivity index (χ1n) is 5.16. The van der Waals surface area contributed by atoms with Gasteiger partial charge >= 0.3 is 12.3 Å². The molecule has 0 aliphatic heterocycles. The van der Waals surface area contributed by atoms with E-state index in [-0.39, 0.29) is 18.9 Å². The van der Waals surface area contributed by atoms with Crippen LogP contribution in [0.1, 0.15) is 6.92 Å². The van der Waals surface area contributed by atoms with Gasteiger partial charge in [0.1, 0.15) is 12.3 Å². The molecule has 1 rings (SSSR count). The van der Waals surface area contributed by atoms with E-state index in [0.717, 1.165) is 12.1 Å². The number of esters is 1. The van der Waals surface area contributed by atoms with Crippen molar-refractivity contribution >= 4 is 11.7 Å². The standard InChI is InChI=1S/C11H12F3NO3/c1-2-17-10(16)7-15-8-3-5-9(6-4-8)18-11(12,13)14/h3-6,15H,2,7H2,1H3. The average molecular weight is 263 g/mol. The van der Waals surface area contributed by atoms with Crippen LogP contribution in [0.25, 0.3) is 0 Å². The quantitative estimate of drug-likeness (QED) is 0.829. The molecule has 0 aromatic heterocycles. The predicted octanol–water partition coefficient (Wildman–Crippen LogP) is 2.56. The summed E-state index contributed by atoms with van der Waals surface area (Å²) < 4.78 is 44.0. The lowest BCUT2D eigenvalue weighted by Crippen LogP contribution is -2.17. The molecule has 1 aromatic rings. The third-order valence-electron chi connectivity index (χ3n) is 1.83. The largest absolute Gasteiger partial charge is 0.573 e. The van der Waals surface area contributed by atoms with Gasteiger partial charge in [0.05, 0.1) is 6.61 Å². The number of ether oxygens (including phenoxy) is 2. The number of benzene rings is 1. The molecule has 0 amide bonds. The zero-order valence-electron chi connectivity index (χ0n) is 9.58. The second-order valence-corrected chi connectivity index (χ2v) is 3.23. The van der Waals surface area contributed by atoms with Crippen LogP contribution in [-0.4, -0.2) is 25.5 Å². The summed E-state index contributed by atoms with van der Waals surface area (Å²) in [6, 6.07) is 5.06. The fraction of sp³-hybridized carbons (Fsp3) is 0.364. The van der Waals surface area contributed by atoms with E-state index < -0.39 is 12.3 Å². The number of alkyl halides is 3. The molecule has 1 N–H and O–H groups in total. The maximum absolute atomic E-state index is 11.9. The van der Waals surface area contributed by atoms with Crippen molar-refractivity contribution in [2.24, 2.45) is 0 Å². The van der Waals surface area contributed by atoms with Crippen LogP contribution < -0.4 is 10.1 Å².